The van der Waals surface area contributed by atoms with Crippen molar-refractivity contribution in [1.82, 2.24) is 19.4 Å². The Morgan fingerprint density at radius 1 is 1.33 bits per heavy atom. The van der Waals surface area contributed by atoms with Gasteiger partial charge in [-0.15, -0.1) is 0 Å². The largest absolute Gasteiger partial charge is 0.292 e. The molecule has 1 fully saturated rings. The lowest BCUT2D eigenvalue weighted by molar-refractivity contribution is 0.202. The Labute approximate surface area is 126 Å². The van der Waals surface area contributed by atoms with E-state index in [2.05, 4.69) is 53.4 Å². The van der Waals surface area contributed by atoms with Gasteiger partial charge in [0, 0.05) is 24.9 Å². The molecule has 0 N–H and O–H groups in total. The van der Waals surface area contributed by atoms with Crippen LogP contribution in [0.2, 0.25) is 0 Å². The monoisotopic (exact) mass is 284 g/mol. The SMILES string of the molecule is CCc1nccn1-c1cccc([C@@H]2CCCN2C(C)C)n1. The van der Waals surface area contributed by atoms with Crippen LogP contribution in [0.1, 0.15) is 51.2 Å². The number of hydrogen-bond acceptors (Lipinski definition) is 3. The van der Waals surface area contributed by atoms with E-state index in [1.54, 1.807) is 0 Å². The average molecular weight is 284 g/mol. The molecule has 2 aromatic rings. The molecule has 21 heavy (non-hydrogen) atoms. The molecule has 0 amide bonds. The normalized spacial score (nSPS) is 19.5. The zero-order valence-corrected chi connectivity index (χ0v) is 13.2. The summed E-state index contributed by atoms with van der Waals surface area (Å²) < 4.78 is 2.10. The van der Waals surface area contributed by atoms with E-state index in [0.29, 0.717) is 12.1 Å². The highest BCUT2D eigenvalue weighted by Crippen LogP contribution is 2.32. The number of hydrogen-bond donors (Lipinski definition) is 0. The molecular weight excluding hydrogens is 260 g/mol. The van der Waals surface area contributed by atoms with Crippen molar-refractivity contribution in [2.75, 3.05) is 6.54 Å². The highest BCUT2D eigenvalue weighted by Gasteiger charge is 2.28. The quantitative estimate of drug-likeness (QED) is 0.863. The van der Waals surface area contributed by atoms with E-state index in [1.807, 2.05) is 12.4 Å². The molecule has 4 nitrogen and oxygen atoms in total. The maximum Gasteiger partial charge on any atom is 0.138 e. The van der Waals surface area contributed by atoms with Gasteiger partial charge in [-0.05, 0) is 45.4 Å². The third-order valence-electron chi connectivity index (χ3n) is 4.34. The second kappa shape index (κ2) is 5.98. The van der Waals surface area contributed by atoms with Crippen LogP contribution in [0.25, 0.3) is 5.82 Å². The van der Waals surface area contributed by atoms with Gasteiger partial charge < -0.3 is 0 Å². The lowest BCUT2D eigenvalue weighted by atomic mass is 10.1. The van der Waals surface area contributed by atoms with Gasteiger partial charge in [-0.25, -0.2) is 9.97 Å². The summed E-state index contributed by atoms with van der Waals surface area (Å²) in [5.41, 5.74) is 1.19. The third-order valence-corrected chi connectivity index (χ3v) is 4.34. The molecule has 0 saturated carbocycles. The van der Waals surface area contributed by atoms with Gasteiger partial charge in [-0.2, -0.15) is 0 Å². The molecule has 112 valence electrons. The van der Waals surface area contributed by atoms with Gasteiger partial charge in [0.05, 0.1) is 11.7 Å². The lowest BCUT2D eigenvalue weighted by Gasteiger charge is -2.28. The fourth-order valence-electron chi connectivity index (χ4n) is 3.29. The van der Waals surface area contributed by atoms with Crippen LogP contribution in [-0.4, -0.2) is 32.0 Å². The number of rotatable bonds is 4. The molecule has 1 aliphatic rings. The highest BCUT2D eigenvalue weighted by molar-refractivity contribution is 5.28. The van der Waals surface area contributed by atoms with Crippen molar-refractivity contribution in [3.8, 4) is 5.82 Å². The van der Waals surface area contributed by atoms with Gasteiger partial charge >= 0.3 is 0 Å². The Bertz CT molecular complexity index is 602. The minimum Gasteiger partial charge on any atom is -0.292 e. The summed E-state index contributed by atoms with van der Waals surface area (Å²) in [6, 6.07) is 7.38. The molecular formula is C17H24N4. The third kappa shape index (κ3) is 2.72. The van der Waals surface area contributed by atoms with E-state index in [1.165, 1.54) is 25.1 Å². The molecule has 3 heterocycles. The average Bonchev–Trinajstić information content (AvgIpc) is 3.16. The molecule has 1 atom stereocenters. The molecule has 0 unspecified atom stereocenters. The minimum atomic E-state index is 0.457. The number of aryl methyl sites for hydroxylation is 1. The number of aromatic nitrogens is 3. The molecule has 0 aliphatic carbocycles. The van der Waals surface area contributed by atoms with E-state index in [0.717, 1.165) is 18.1 Å². The van der Waals surface area contributed by atoms with E-state index in [-0.39, 0.29) is 0 Å². The van der Waals surface area contributed by atoms with E-state index < -0.39 is 0 Å². The predicted octanol–water partition coefficient (Wildman–Crippen LogP) is 3.38. The Kier molecular flexibility index (Phi) is 4.06. The summed E-state index contributed by atoms with van der Waals surface area (Å²) in [7, 11) is 0. The summed E-state index contributed by atoms with van der Waals surface area (Å²) in [6.07, 6.45) is 7.24. The number of imidazole rings is 1. The maximum atomic E-state index is 4.92. The Balaban J connectivity index is 1.93. The molecule has 4 heteroatoms. The van der Waals surface area contributed by atoms with Crippen LogP contribution in [0, 0.1) is 0 Å². The minimum absolute atomic E-state index is 0.457. The molecule has 3 rings (SSSR count). The summed E-state index contributed by atoms with van der Waals surface area (Å²) in [5.74, 6) is 2.05. The van der Waals surface area contributed by atoms with Gasteiger partial charge in [0.15, 0.2) is 0 Å². The number of nitrogens with zero attached hydrogens (tertiary/aromatic N) is 4. The fraction of sp³-hybridized carbons (Fsp3) is 0.529. The molecule has 0 aromatic carbocycles. The zero-order chi connectivity index (χ0) is 14.8. The van der Waals surface area contributed by atoms with Crippen molar-refractivity contribution >= 4 is 0 Å². The fourth-order valence-corrected chi connectivity index (χ4v) is 3.29. The molecule has 2 aromatic heterocycles. The van der Waals surface area contributed by atoms with Crippen molar-refractivity contribution in [2.45, 2.75) is 52.1 Å². The van der Waals surface area contributed by atoms with Crippen LogP contribution in [0.5, 0.6) is 0 Å². The lowest BCUT2D eigenvalue weighted by Crippen LogP contribution is -2.30. The molecule has 1 aliphatic heterocycles. The van der Waals surface area contributed by atoms with Gasteiger partial charge in [0.2, 0.25) is 0 Å². The first-order valence-corrected chi connectivity index (χ1v) is 7.96. The number of pyridine rings is 1. The van der Waals surface area contributed by atoms with Crippen LogP contribution in [-0.2, 0) is 6.42 Å². The van der Waals surface area contributed by atoms with Gasteiger partial charge in [-0.1, -0.05) is 13.0 Å². The zero-order valence-electron chi connectivity index (χ0n) is 13.2. The smallest absolute Gasteiger partial charge is 0.138 e. The second-order valence-electron chi connectivity index (χ2n) is 5.98. The number of likely N-dealkylation sites (tertiary alicyclic amines) is 1. The van der Waals surface area contributed by atoms with E-state index >= 15 is 0 Å². The summed E-state index contributed by atoms with van der Waals surface area (Å²) in [6.45, 7) is 7.85. The van der Waals surface area contributed by atoms with Crippen LogP contribution in [0.4, 0.5) is 0 Å². The highest BCUT2D eigenvalue weighted by atomic mass is 15.2. The van der Waals surface area contributed by atoms with Crippen molar-refractivity contribution in [2.24, 2.45) is 0 Å². The first-order valence-electron chi connectivity index (χ1n) is 7.96. The predicted molar refractivity (Wildman–Crippen MR) is 84.6 cm³/mol. The Morgan fingerprint density at radius 3 is 2.95 bits per heavy atom. The van der Waals surface area contributed by atoms with Crippen LogP contribution in [0.3, 0.4) is 0 Å². The Morgan fingerprint density at radius 2 is 2.19 bits per heavy atom. The summed E-state index contributed by atoms with van der Waals surface area (Å²) in [4.78, 5) is 11.9. The molecule has 0 spiro atoms. The van der Waals surface area contributed by atoms with Gasteiger partial charge in [0.25, 0.3) is 0 Å². The second-order valence-corrected chi connectivity index (χ2v) is 5.98. The topological polar surface area (TPSA) is 34.0 Å². The summed E-state index contributed by atoms with van der Waals surface area (Å²) in [5, 5.41) is 0. The van der Waals surface area contributed by atoms with Gasteiger partial charge in [0.1, 0.15) is 11.6 Å². The first kappa shape index (κ1) is 14.3. The van der Waals surface area contributed by atoms with Crippen molar-refractivity contribution in [1.29, 1.82) is 0 Å². The maximum absolute atomic E-state index is 4.92. The van der Waals surface area contributed by atoms with Crippen LogP contribution < -0.4 is 0 Å². The molecule has 1 saturated heterocycles. The van der Waals surface area contributed by atoms with E-state index in [4.69, 9.17) is 4.98 Å². The first-order chi connectivity index (χ1) is 10.2. The standard InChI is InChI=1S/C17H24N4/c1-4-16-18-10-12-21(16)17-9-5-7-14(19-17)15-8-6-11-20(15)13(2)3/h5,7,9-10,12-13,15H,4,6,8,11H2,1-3H3/t15-/m0/s1. The van der Waals surface area contributed by atoms with E-state index in [9.17, 15) is 0 Å². The van der Waals surface area contributed by atoms with Crippen LogP contribution in [0.15, 0.2) is 30.6 Å². The Hall–Kier alpha value is -1.68. The van der Waals surface area contributed by atoms with Crippen molar-refractivity contribution in [3.63, 3.8) is 0 Å². The van der Waals surface area contributed by atoms with Gasteiger partial charge in [-0.3, -0.25) is 9.47 Å². The van der Waals surface area contributed by atoms with Crippen molar-refractivity contribution < 1.29 is 0 Å². The summed E-state index contributed by atoms with van der Waals surface area (Å²) >= 11 is 0. The van der Waals surface area contributed by atoms with Crippen molar-refractivity contribution in [3.05, 3.63) is 42.1 Å². The molecule has 0 bridgehead atoms. The van der Waals surface area contributed by atoms with Crippen LogP contribution >= 0.6 is 0 Å². The molecule has 0 radical (unpaired) electrons.